The molecule has 0 aromatic rings. The van der Waals surface area contributed by atoms with E-state index in [0.717, 1.165) is 6.42 Å². The molecule has 33 heavy (non-hydrogen) atoms. The Hall–Kier alpha value is -3.05. The lowest BCUT2D eigenvalue weighted by molar-refractivity contribution is 0.0493. The molecule has 0 aromatic carbocycles. The first kappa shape index (κ1) is 30.0. The molecule has 0 aliphatic carbocycles. The standard InChI is InChI=1S/C28H35F3O2/c1-11-15-32-25(10)28(31)27(30)24(9)19(4)14-13-18(3)23(8)26(29)16-20(5)21(6)17-33-22(7)12-2/h11,13-14,16,21-22H,1,3-5,8-10,12,15,17H2,2,6-7H3/b14-13-,26-16+,28-27-. The summed E-state index contributed by atoms with van der Waals surface area (Å²) in [5.74, 6) is -3.74. The molecule has 0 aliphatic heterocycles. The van der Waals surface area contributed by atoms with Crippen molar-refractivity contribution in [1.29, 1.82) is 0 Å². The van der Waals surface area contributed by atoms with Crippen molar-refractivity contribution in [1.82, 2.24) is 0 Å². The molecule has 2 unspecified atom stereocenters. The van der Waals surface area contributed by atoms with Gasteiger partial charge in [-0.05, 0) is 36.1 Å². The summed E-state index contributed by atoms with van der Waals surface area (Å²) in [6.07, 6.45) is 6.37. The number of allylic oxidation sites excluding steroid dienone is 10. The van der Waals surface area contributed by atoms with Gasteiger partial charge in [0.05, 0.1) is 12.7 Å². The average molecular weight is 461 g/mol. The van der Waals surface area contributed by atoms with Crippen LogP contribution in [0.3, 0.4) is 0 Å². The second-order valence-corrected chi connectivity index (χ2v) is 7.51. The molecule has 5 heteroatoms. The van der Waals surface area contributed by atoms with E-state index in [-0.39, 0.29) is 40.9 Å². The van der Waals surface area contributed by atoms with Crippen LogP contribution in [-0.2, 0) is 9.47 Å². The van der Waals surface area contributed by atoms with Gasteiger partial charge in [0.2, 0.25) is 5.83 Å². The maximum atomic E-state index is 14.6. The molecule has 0 rings (SSSR count). The fourth-order valence-electron chi connectivity index (χ4n) is 2.10. The number of halogens is 3. The number of hydrogen-bond donors (Lipinski definition) is 0. The highest BCUT2D eigenvalue weighted by Crippen LogP contribution is 2.28. The van der Waals surface area contributed by atoms with Crippen molar-refractivity contribution in [3.63, 3.8) is 0 Å². The molecule has 0 saturated heterocycles. The van der Waals surface area contributed by atoms with Crippen LogP contribution in [0.2, 0.25) is 0 Å². The summed E-state index contributed by atoms with van der Waals surface area (Å²) in [5, 5.41) is 0. The van der Waals surface area contributed by atoms with E-state index in [1.807, 2.05) is 20.8 Å². The van der Waals surface area contributed by atoms with E-state index in [9.17, 15) is 13.2 Å². The normalized spacial score (nSPS) is 14.2. The molecule has 0 saturated carbocycles. The summed E-state index contributed by atoms with van der Waals surface area (Å²) >= 11 is 0. The Morgan fingerprint density at radius 3 is 1.94 bits per heavy atom. The van der Waals surface area contributed by atoms with Crippen LogP contribution in [0.4, 0.5) is 13.2 Å². The molecule has 0 radical (unpaired) electrons. The molecule has 0 N–H and O–H groups in total. The zero-order valence-electron chi connectivity index (χ0n) is 20.0. The quantitative estimate of drug-likeness (QED) is 0.131. The van der Waals surface area contributed by atoms with Crippen LogP contribution in [0.5, 0.6) is 0 Å². The molecule has 0 fully saturated rings. The Balaban J connectivity index is 5.15. The van der Waals surface area contributed by atoms with Crippen LogP contribution >= 0.6 is 0 Å². The first-order chi connectivity index (χ1) is 15.4. The topological polar surface area (TPSA) is 18.5 Å². The minimum atomic E-state index is -1.29. The SMILES string of the molecule is C=CCOC(=C)/C(F)=C(/F)C(=C)C(=C)/C=C\C(=C)C(=C)/C(F)=C\C(=C)C(C)COC(C)CC. The monoisotopic (exact) mass is 460 g/mol. The van der Waals surface area contributed by atoms with Crippen LogP contribution in [0.25, 0.3) is 0 Å². The van der Waals surface area contributed by atoms with Gasteiger partial charge in [-0.2, -0.15) is 4.39 Å². The summed E-state index contributed by atoms with van der Waals surface area (Å²) in [6, 6.07) is 0. The van der Waals surface area contributed by atoms with E-state index >= 15 is 0 Å². The third-order valence-electron chi connectivity index (χ3n) is 4.78. The van der Waals surface area contributed by atoms with Crippen molar-refractivity contribution in [3.8, 4) is 0 Å². The molecule has 0 aromatic heterocycles. The van der Waals surface area contributed by atoms with Crippen molar-refractivity contribution in [2.24, 2.45) is 5.92 Å². The molecule has 0 spiro atoms. The van der Waals surface area contributed by atoms with E-state index in [1.54, 1.807) is 0 Å². The second kappa shape index (κ2) is 14.9. The third-order valence-corrected chi connectivity index (χ3v) is 4.78. The van der Waals surface area contributed by atoms with Gasteiger partial charge in [0, 0.05) is 17.1 Å². The molecule has 2 atom stereocenters. The Kier molecular flexibility index (Phi) is 13.5. The van der Waals surface area contributed by atoms with Crippen LogP contribution in [0.15, 0.2) is 121 Å². The smallest absolute Gasteiger partial charge is 0.200 e. The Morgan fingerprint density at radius 2 is 1.42 bits per heavy atom. The lowest BCUT2D eigenvalue weighted by Gasteiger charge is -2.16. The predicted molar refractivity (Wildman–Crippen MR) is 133 cm³/mol. The van der Waals surface area contributed by atoms with E-state index in [4.69, 9.17) is 9.47 Å². The van der Waals surface area contributed by atoms with Gasteiger partial charge in [0.25, 0.3) is 0 Å². The van der Waals surface area contributed by atoms with E-state index in [0.29, 0.717) is 12.2 Å². The van der Waals surface area contributed by atoms with Gasteiger partial charge in [-0.15, -0.1) is 0 Å². The molecule has 180 valence electrons. The maximum absolute atomic E-state index is 14.6. The molecular formula is C28H35F3O2. The average Bonchev–Trinajstić information content (AvgIpc) is 2.81. The lowest BCUT2D eigenvalue weighted by atomic mass is 9.99. The van der Waals surface area contributed by atoms with E-state index in [2.05, 4.69) is 46.1 Å². The predicted octanol–water partition coefficient (Wildman–Crippen LogP) is 8.50. The summed E-state index contributed by atoms with van der Waals surface area (Å²) in [6.45, 7) is 31.5. The van der Waals surface area contributed by atoms with Gasteiger partial charge in [0.1, 0.15) is 12.4 Å². The number of ether oxygens (including phenoxy) is 2. The minimum Gasteiger partial charge on any atom is -0.487 e. The van der Waals surface area contributed by atoms with Crippen molar-refractivity contribution in [2.75, 3.05) is 13.2 Å². The molecule has 0 bridgehead atoms. The van der Waals surface area contributed by atoms with Crippen LogP contribution in [0, 0.1) is 5.92 Å². The van der Waals surface area contributed by atoms with Crippen molar-refractivity contribution < 1.29 is 22.6 Å². The Bertz CT molecular complexity index is 900. The van der Waals surface area contributed by atoms with Crippen molar-refractivity contribution in [3.05, 3.63) is 121 Å². The molecular weight excluding hydrogens is 425 g/mol. The van der Waals surface area contributed by atoms with Crippen LogP contribution in [-0.4, -0.2) is 19.3 Å². The number of rotatable bonds is 16. The first-order valence-electron chi connectivity index (χ1n) is 10.5. The van der Waals surface area contributed by atoms with Gasteiger partial charge < -0.3 is 9.47 Å². The zero-order chi connectivity index (χ0) is 25.7. The highest BCUT2D eigenvalue weighted by molar-refractivity contribution is 5.53. The Morgan fingerprint density at radius 1 is 0.879 bits per heavy atom. The zero-order valence-corrected chi connectivity index (χ0v) is 20.0. The van der Waals surface area contributed by atoms with Crippen molar-refractivity contribution >= 4 is 0 Å². The van der Waals surface area contributed by atoms with Gasteiger partial charge >= 0.3 is 0 Å². The van der Waals surface area contributed by atoms with Crippen LogP contribution in [0.1, 0.15) is 27.2 Å². The summed E-state index contributed by atoms with van der Waals surface area (Å²) in [4.78, 5) is 0. The third kappa shape index (κ3) is 10.4. The van der Waals surface area contributed by atoms with Crippen molar-refractivity contribution in [2.45, 2.75) is 33.3 Å². The molecule has 0 heterocycles. The lowest BCUT2D eigenvalue weighted by Crippen LogP contribution is -2.14. The van der Waals surface area contributed by atoms with E-state index < -0.39 is 23.2 Å². The fraction of sp³-hybridized carbons (Fsp3) is 0.286. The van der Waals surface area contributed by atoms with Gasteiger partial charge in [-0.3, -0.25) is 0 Å². The second-order valence-electron chi connectivity index (χ2n) is 7.51. The van der Waals surface area contributed by atoms with Crippen LogP contribution < -0.4 is 0 Å². The molecule has 0 amide bonds. The minimum absolute atomic E-state index is 0.0225. The maximum Gasteiger partial charge on any atom is 0.200 e. The highest BCUT2D eigenvalue weighted by Gasteiger charge is 2.16. The highest BCUT2D eigenvalue weighted by atomic mass is 19.2. The van der Waals surface area contributed by atoms with Gasteiger partial charge in [0.15, 0.2) is 11.6 Å². The molecule has 0 aliphatic rings. The van der Waals surface area contributed by atoms with Gasteiger partial charge in [-0.1, -0.05) is 78.1 Å². The summed E-state index contributed by atoms with van der Waals surface area (Å²) < 4.78 is 53.5. The van der Waals surface area contributed by atoms with Gasteiger partial charge in [-0.25, -0.2) is 8.78 Å². The fourth-order valence-corrected chi connectivity index (χ4v) is 2.10. The summed E-state index contributed by atoms with van der Waals surface area (Å²) in [7, 11) is 0. The first-order valence-corrected chi connectivity index (χ1v) is 10.5. The molecule has 2 nitrogen and oxygen atoms in total. The van der Waals surface area contributed by atoms with E-state index in [1.165, 1.54) is 24.3 Å². The number of hydrogen-bond acceptors (Lipinski definition) is 2. The largest absolute Gasteiger partial charge is 0.487 e. The summed E-state index contributed by atoms with van der Waals surface area (Å²) in [5.41, 5.74) is 0.530. The Labute approximate surface area is 196 Å².